The molecule has 0 bridgehead atoms. The fourth-order valence-electron chi connectivity index (χ4n) is 2.15. The van der Waals surface area contributed by atoms with E-state index in [9.17, 15) is 0 Å². The van der Waals surface area contributed by atoms with Crippen molar-refractivity contribution in [3.8, 4) is 0 Å². The molecule has 0 heterocycles. The highest BCUT2D eigenvalue weighted by Gasteiger charge is 2.11. The SMILES string of the molecule is CCNC(CCN(C)CCOCC)c1ccc(Br)cc1. The van der Waals surface area contributed by atoms with Crippen molar-refractivity contribution < 1.29 is 4.74 Å². The maximum Gasteiger partial charge on any atom is 0.0593 e. The number of hydrogen-bond donors (Lipinski definition) is 1. The standard InChI is InChI=1S/C16H27BrN2O/c1-4-18-16(14-6-8-15(17)9-7-14)10-11-19(3)12-13-20-5-2/h6-9,16,18H,4-5,10-13H2,1-3H3. The summed E-state index contributed by atoms with van der Waals surface area (Å²) in [5.41, 5.74) is 1.35. The molecule has 0 aliphatic carbocycles. The molecule has 0 fully saturated rings. The topological polar surface area (TPSA) is 24.5 Å². The van der Waals surface area contributed by atoms with Gasteiger partial charge >= 0.3 is 0 Å². The summed E-state index contributed by atoms with van der Waals surface area (Å²) < 4.78 is 6.52. The van der Waals surface area contributed by atoms with Gasteiger partial charge in [0, 0.05) is 23.7 Å². The van der Waals surface area contributed by atoms with Gasteiger partial charge in [-0.1, -0.05) is 35.0 Å². The van der Waals surface area contributed by atoms with Crippen LogP contribution in [0.1, 0.15) is 31.9 Å². The fourth-order valence-corrected chi connectivity index (χ4v) is 2.42. The maximum atomic E-state index is 5.39. The van der Waals surface area contributed by atoms with Gasteiger partial charge in [0.25, 0.3) is 0 Å². The van der Waals surface area contributed by atoms with Crippen LogP contribution in [0.2, 0.25) is 0 Å². The minimum absolute atomic E-state index is 0.419. The first-order valence-electron chi connectivity index (χ1n) is 7.42. The second kappa shape index (κ2) is 10.3. The summed E-state index contributed by atoms with van der Waals surface area (Å²) in [5.74, 6) is 0. The third-order valence-corrected chi connectivity index (χ3v) is 3.87. The Morgan fingerprint density at radius 1 is 1.20 bits per heavy atom. The lowest BCUT2D eigenvalue weighted by molar-refractivity contribution is 0.121. The summed E-state index contributed by atoms with van der Waals surface area (Å²) in [4.78, 5) is 2.33. The zero-order valence-electron chi connectivity index (χ0n) is 12.9. The number of nitrogens with one attached hydrogen (secondary N) is 1. The van der Waals surface area contributed by atoms with E-state index >= 15 is 0 Å². The maximum absolute atomic E-state index is 5.39. The lowest BCUT2D eigenvalue weighted by atomic mass is 10.0. The van der Waals surface area contributed by atoms with Gasteiger partial charge in [0.1, 0.15) is 0 Å². The number of nitrogens with zero attached hydrogens (tertiary/aromatic N) is 1. The number of benzene rings is 1. The van der Waals surface area contributed by atoms with Crippen molar-refractivity contribution in [3.63, 3.8) is 0 Å². The van der Waals surface area contributed by atoms with Gasteiger partial charge in [-0.05, 0) is 51.2 Å². The molecule has 0 spiro atoms. The summed E-state index contributed by atoms with van der Waals surface area (Å²) in [5, 5.41) is 3.57. The van der Waals surface area contributed by atoms with Gasteiger partial charge in [-0.2, -0.15) is 0 Å². The predicted molar refractivity (Wildman–Crippen MR) is 89.2 cm³/mol. The van der Waals surface area contributed by atoms with E-state index in [1.807, 2.05) is 6.92 Å². The van der Waals surface area contributed by atoms with E-state index in [1.54, 1.807) is 0 Å². The van der Waals surface area contributed by atoms with E-state index in [0.29, 0.717) is 6.04 Å². The van der Waals surface area contributed by atoms with Gasteiger partial charge in [-0.3, -0.25) is 0 Å². The average Bonchev–Trinajstić information content (AvgIpc) is 2.45. The normalized spacial score (nSPS) is 12.8. The van der Waals surface area contributed by atoms with E-state index in [2.05, 4.69) is 64.4 Å². The van der Waals surface area contributed by atoms with Gasteiger partial charge in [0.2, 0.25) is 0 Å². The van der Waals surface area contributed by atoms with E-state index in [4.69, 9.17) is 4.74 Å². The summed E-state index contributed by atoms with van der Waals surface area (Å²) in [6, 6.07) is 9.02. The lowest BCUT2D eigenvalue weighted by Gasteiger charge is -2.22. The van der Waals surface area contributed by atoms with Crippen LogP contribution in [0, 0.1) is 0 Å². The average molecular weight is 343 g/mol. The fraction of sp³-hybridized carbons (Fsp3) is 0.625. The number of ether oxygens (including phenoxy) is 1. The van der Waals surface area contributed by atoms with Gasteiger partial charge in [-0.15, -0.1) is 0 Å². The summed E-state index contributed by atoms with van der Waals surface area (Å²) in [6.45, 7) is 8.86. The highest BCUT2D eigenvalue weighted by molar-refractivity contribution is 9.10. The van der Waals surface area contributed by atoms with Crippen LogP contribution in [-0.2, 0) is 4.74 Å². The van der Waals surface area contributed by atoms with Gasteiger partial charge in [-0.25, -0.2) is 0 Å². The monoisotopic (exact) mass is 342 g/mol. The van der Waals surface area contributed by atoms with Crippen LogP contribution >= 0.6 is 15.9 Å². The molecule has 0 saturated carbocycles. The quantitative estimate of drug-likeness (QED) is 0.659. The summed E-state index contributed by atoms with van der Waals surface area (Å²) >= 11 is 3.49. The molecule has 1 unspecified atom stereocenters. The van der Waals surface area contributed by atoms with E-state index in [1.165, 1.54) is 5.56 Å². The lowest BCUT2D eigenvalue weighted by Crippen LogP contribution is -2.29. The molecule has 114 valence electrons. The summed E-state index contributed by atoms with van der Waals surface area (Å²) in [7, 11) is 2.16. The van der Waals surface area contributed by atoms with Crippen LogP contribution in [0.15, 0.2) is 28.7 Å². The minimum atomic E-state index is 0.419. The molecular formula is C16H27BrN2O. The third kappa shape index (κ3) is 6.84. The van der Waals surface area contributed by atoms with E-state index < -0.39 is 0 Å². The molecule has 1 aromatic rings. The molecule has 1 aromatic carbocycles. The Hall–Kier alpha value is -0.420. The van der Waals surface area contributed by atoms with Crippen molar-refractivity contribution in [2.45, 2.75) is 26.3 Å². The first kappa shape index (κ1) is 17.6. The summed E-state index contributed by atoms with van der Waals surface area (Å²) in [6.07, 6.45) is 1.11. The number of rotatable bonds is 10. The zero-order valence-corrected chi connectivity index (χ0v) is 14.4. The Balaban J connectivity index is 2.44. The van der Waals surface area contributed by atoms with E-state index in [0.717, 1.165) is 43.7 Å². The molecule has 20 heavy (non-hydrogen) atoms. The molecule has 0 aliphatic heterocycles. The van der Waals surface area contributed by atoms with Crippen molar-refractivity contribution in [2.24, 2.45) is 0 Å². The minimum Gasteiger partial charge on any atom is -0.380 e. The van der Waals surface area contributed by atoms with Crippen molar-refractivity contribution in [1.29, 1.82) is 0 Å². The van der Waals surface area contributed by atoms with Crippen molar-refractivity contribution in [2.75, 3.05) is 39.9 Å². The molecule has 1 rings (SSSR count). The van der Waals surface area contributed by atoms with Crippen LogP contribution < -0.4 is 5.32 Å². The molecule has 0 aliphatic rings. The number of hydrogen-bond acceptors (Lipinski definition) is 3. The Labute approximate surface area is 131 Å². The van der Waals surface area contributed by atoms with Crippen LogP contribution in [-0.4, -0.2) is 44.8 Å². The Morgan fingerprint density at radius 3 is 2.50 bits per heavy atom. The van der Waals surface area contributed by atoms with Crippen LogP contribution in [0.3, 0.4) is 0 Å². The third-order valence-electron chi connectivity index (χ3n) is 3.34. The molecular weight excluding hydrogens is 316 g/mol. The van der Waals surface area contributed by atoms with Gasteiger partial charge < -0.3 is 15.0 Å². The molecule has 0 aromatic heterocycles. The first-order chi connectivity index (χ1) is 9.67. The van der Waals surface area contributed by atoms with E-state index in [-0.39, 0.29) is 0 Å². The van der Waals surface area contributed by atoms with Crippen LogP contribution in [0.4, 0.5) is 0 Å². The molecule has 0 saturated heterocycles. The molecule has 1 N–H and O–H groups in total. The molecule has 1 atom stereocenters. The Kier molecular flexibility index (Phi) is 9.10. The van der Waals surface area contributed by atoms with Crippen LogP contribution in [0.25, 0.3) is 0 Å². The highest BCUT2D eigenvalue weighted by Crippen LogP contribution is 2.19. The number of likely N-dealkylation sites (N-methyl/N-ethyl adjacent to an activating group) is 1. The second-order valence-electron chi connectivity index (χ2n) is 4.95. The largest absolute Gasteiger partial charge is 0.380 e. The molecule has 3 nitrogen and oxygen atoms in total. The molecule has 4 heteroatoms. The predicted octanol–water partition coefficient (Wildman–Crippen LogP) is 3.46. The first-order valence-corrected chi connectivity index (χ1v) is 8.21. The van der Waals surface area contributed by atoms with Gasteiger partial charge in [0.15, 0.2) is 0 Å². The second-order valence-corrected chi connectivity index (χ2v) is 5.87. The van der Waals surface area contributed by atoms with Crippen molar-refractivity contribution in [3.05, 3.63) is 34.3 Å². The van der Waals surface area contributed by atoms with Crippen LogP contribution in [0.5, 0.6) is 0 Å². The molecule has 0 radical (unpaired) electrons. The Morgan fingerprint density at radius 2 is 1.90 bits per heavy atom. The van der Waals surface area contributed by atoms with Crippen molar-refractivity contribution in [1.82, 2.24) is 10.2 Å². The number of halogens is 1. The molecule has 0 amide bonds. The van der Waals surface area contributed by atoms with Gasteiger partial charge in [0.05, 0.1) is 6.61 Å². The smallest absolute Gasteiger partial charge is 0.0593 e. The van der Waals surface area contributed by atoms with Crippen molar-refractivity contribution >= 4 is 15.9 Å². The zero-order chi connectivity index (χ0) is 14.8. The highest BCUT2D eigenvalue weighted by atomic mass is 79.9. The Bertz CT molecular complexity index is 356.